The number of nitriles is 1. The van der Waals surface area contributed by atoms with E-state index in [-0.39, 0.29) is 0 Å². The van der Waals surface area contributed by atoms with Gasteiger partial charge in [-0.05, 0) is 24.7 Å². The molecule has 0 aromatic heterocycles. The van der Waals surface area contributed by atoms with Crippen LogP contribution in [0.1, 0.15) is 39.0 Å². The summed E-state index contributed by atoms with van der Waals surface area (Å²) in [6.45, 7) is 5.74. The zero-order valence-electron chi connectivity index (χ0n) is 9.72. The average molecular weight is 210 g/mol. The van der Waals surface area contributed by atoms with Gasteiger partial charge >= 0.3 is 0 Å². The lowest BCUT2D eigenvalue weighted by molar-refractivity contribution is 0.132. The van der Waals surface area contributed by atoms with Crippen molar-refractivity contribution in [2.24, 2.45) is 5.41 Å². The molecule has 1 rings (SSSR count). The van der Waals surface area contributed by atoms with Gasteiger partial charge in [0, 0.05) is 26.1 Å². The van der Waals surface area contributed by atoms with Crippen LogP contribution in [0.25, 0.3) is 0 Å². The first-order chi connectivity index (χ1) is 7.33. The number of ether oxygens (including phenoxy) is 1. The molecule has 3 nitrogen and oxygen atoms in total. The van der Waals surface area contributed by atoms with Crippen molar-refractivity contribution in [3.8, 4) is 6.07 Å². The molecule has 0 amide bonds. The van der Waals surface area contributed by atoms with Gasteiger partial charge in [0.25, 0.3) is 0 Å². The van der Waals surface area contributed by atoms with Gasteiger partial charge in [0.05, 0.1) is 12.7 Å². The molecule has 1 aliphatic rings. The molecule has 1 fully saturated rings. The second-order valence-corrected chi connectivity index (χ2v) is 4.48. The molecule has 0 unspecified atom stereocenters. The third kappa shape index (κ3) is 5.15. The Kier molecular flexibility index (Phi) is 5.67. The molecule has 1 saturated carbocycles. The Labute approximate surface area is 92.8 Å². The van der Waals surface area contributed by atoms with Gasteiger partial charge in [0.15, 0.2) is 0 Å². The second kappa shape index (κ2) is 6.81. The lowest BCUT2D eigenvalue weighted by atomic mass is 10.0. The predicted octanol–water partition coefficient (Wildman–Crippen LogP) is 2.09. The fourth-order valence-electron chi connectivity index (χ4n) is 1.61. The first kappa shape index (κ1) is 12.5. The number of nitrogens with zero attached hydrogens (tertiary/aromatic N) is 1. The zero-order chi connectivity index (χ0) is 11.0. The van der Waals surface area contributed by atoms with Crippen LogP contribution in [0.3, 0.4) is 0 Å². The van der Waals surface area contributed by atoms with Crippen molar-refractivity contribution >= 4 is 0 Å². The number of unbranched alkanes of at least 4 members (excludes halogenated alkanes) is 1. The Morgan fingerprint density at radius 1 is 1.40 bits per heavy atom. The Hall–Kier alpha value is -0.590. The Morgan fingerprint density at radius 3 is 2.80 bits per heavy atom. The molecule has 1 aliphatic carbocycles. The van der Waals surface area contributed by atoms with Crippen LogP contribution >= 0.6 is 0 Å². The largest absolute Gasteiger partial charge is 0.380 e. The number of hydrogen-bond donors (Lipinski definition) is 1. The first-order valence-electron chi connectivity index (χ1n) is 5.98. The maximum Gasteiger partial charge on any atom is 0.0628 e. The molecule has 0 heterocycles. The van der Waals surface area contributed by atoms with E-state index in [4.69, 9.17) is 10.00 Å². The van der Waals surface area contributed by atoms with Crippen molar-refractivity contribution in [2.45, 2.75) is 39.0 Å². The molecule has 0 spiro atoms. The minimum Gasteiger partial charge on any atom is -0.380 e. The lowest BCUT2D eigenvalue weighted by Gasteiger charge is -2.12. The zero-order valence-corrected chi connectivity index (χ0v) is 9.72. The fourth-order valence-corrected chi connectivity index (χ4v) is 1.61. The fraction of sp³-hybridized carbons (Fsp3) is 0.917. The summed E-state index contributed by atoms with van der Waals surface area (Å²) >= 11 is 0. The van der Waals surface area contributed by atoms with Crippen molar-refractivity contribution in [1.29, 1.82) is 5.26 Å². The third-order valence-electron chi connectivity index (χ3n) is 2.98. The minimum atomic E-state index is 0.318. The topological polar surface area (TPSA) is 45.0 Å². The van der Waals surface area contributed by atoms with Crippen LogP contribution in [0.4, 0.5) is 0 Å². The molecule has 1 N–H and O–H groups in total. The maximum atomic E-state index is 8.64. The molecule has 0 bridgehead atoms. The molecule has 0 radical (unpaired) electrons. The molecule has 0 aliphatic heterocycles. The van der Waals surface area contributed by atoms with Crippen LogP contribution in [0, 0.1) is 16.7 Å². The molecule has 15 heavy (non-hydrogen) atoms. The summed E-state index contributed by atoms with van der Waals surface area (Å²) in [5, 5.41) is 12.0. The van der Waals surface area contributed by atoms with Crippen LogP contribution in [0.5, 0.6) is 0 Å². The van der Waals surface area contributed by atoms with Gasteiger partial charge in [0.1, 0.15) is 0 Å². The van der Waals surface area contributed by atoms with Crippen molar-refractivity contribution in [3.05, 3.63) is 0 Å². The number of hydrogen-bond acceptors (Lipinski definition) is 3. The Bertz CT molecular complexity index is 206. The summed E-state index contributed by atoms with van der Waals surface area (Å²) < 4.78 is 5.44. The van der Waals surface area contributed by atoms with E-state index >= 15 is 0 Å². The van der Waals surface area contributed by atoms with Crippen LogP contribution in [0.15, 0.2) is 0 Å². The summed E-state index contributed by atoms with van der Waals surface area (Å²) in [7, 11) is 0. The average Bonchev–Trinajstić information content (AvgIpc) is 2.98. The van der Waals surface area contributed by atoms with Crippen molar-refractivity contribution in [1.82, 2.24) is 5.32 Å². The van der Waals surface area contributed by atoms with Gasteiger partial charge in [-0.3, -0.25) is 0 Å². The van der Waals surface area contributed by atoms with Crippen LogP contribution < -0.4 is 5.32 Å². The lowest BCUT2D eigenvalue weighted by Crippen LogP contribution is -2.27. The molecule has 0 aromatic carbocycles. The smallest absolute Gasteiger partial charge is 0.0628 e. The molecule has 3 heteroatoms. The highest BCUT2D eigenvalue weighted by Crippen LogP contribution is 2.47. The van der Waals surface area contributed by atoms with E-state index in [2.05, 4.69) is 18.3 Å². The molecule has 86 valence electrons. The Morgan fingerprint density at radius 2 is 2.20 bits per heavy atom. The molecule has 0 saturated heterocycles. The number of nitrogens with one attached hydrogen (secondary N) is 1. The second-order valence-electron chi connectivity index (χ2n) is 4.48. The van der Waals surface area contributed by atoms with E-state index in [1.165, 1.54) is 19.3 Å². The standard InChI is InChI=1S/C12H22N2O/c1-2-3-9-15-10-8-14-11-12(4-5-12)6-7-13/h14H,2-6,8-11H2,1H3. The van der Waals surface area contributed by atoms with Crippen LogP contribution in [-0.4, -0.2) is 26.3 Å². The van der Waals surface area contributed by atoms with E-state index in [0.29, 0.717) is 11.8 Å². The van der Waals surface area contributed by atoms with Gasteiger partial charge in [0.2, 0.25) is 0 Å². The SMILES string of the molecule is CCCCOCCNCC1(CC#N)CC1. The van der Waals surface area contributed by atoms with Crippen molar-refractivity contribution < 1.29 is 4.74 Å². The highest BCUT2D eigenvalue weighted by molar-refractivity contribution is 5.00. The van der Waals surface area contributed by atoms with Crippen LogP contribution in [-0.2, 0) is 4.74 Å². The molecular weight excluding hydrogens is 188 g/mol. The highest BCUT2D eigenvalue weighted by Gasteiger charge is 2.41. The summed E-state index contributed by atoms with van der Waals surface area (Å²) in [5.41, 5.74) is 0.318. The predicted molar refractivity (Wildman–Crippen MR) is 60.5 cm³/mol. The summed E-state index contributed by atoms with van der Waals surface area (Å²) in [5.74, 6) is 0. The van der Waals surface area contributed by atoms with Crippen molar-refractivity contribution in [3.63, 3.8) is 0 Å². The molecule has 0 aromatic rings. The quantitative estimate of drug-likeness (QED) is 0.593. The van der Waals surface area contributed by atoms with E-state index < -0.39 is 0 Å². The molecular formula is C12H22N2O. The Balaban J connectivity index is 1.87. The summed E-state index contributed by atoms with van der Waals surface area (Å²) in [4.78, 5) is 0. The van der Waals surface area contributed by atoms with E-state index in [9.17, 15) is 0 Å². The van der Waals surface area contributed by atoms with Gasteiger partial charge < -0.3 is 10.1 Å². The minimum absolute atomic E-state index is 0.318. The number of rotatable bonds is 9. The normalized spacial score (nSPS) is 17.3. The first-order valence-corrected chi connectivity index (χ1v) is 5.98. The van der Waals surface area contributed by atoms with Gasteiger partial charge in [-0.2, -0.15) is 5.26 Å². The molecule has 0 atom stereocenters. The highest BCUT2D eigenvalue weighted by atomic mass is 16.5. The summed E-state index contributed by atoms with van der Waals surface area (Å²) in [6.07, 6.45) is 5.47. The van der Waals surface area contributed by atoms with E-state index in [1.54, 1.807) is 0 Å². The third-order valence-corrected chi connectivity index (χ3v) is 2.98. The summed E-state index contributed by atoms with van der Waals surface area (Å²) in [6, 6.07) is 2.27. The van der Waals surface area contributed by atoms with Gasteiger partial charge in [-0.25, -0.2) is 0 Å². The monoisotopic (exact) mass is 210 g/mol. The van der Waals surface area contributed by atoms with E-state index in [1.807, 2.05) is 0 Å². The van der Waals surface area contributed by atoms with E-state index in [0.717, 1.165) is 32.7 Å². The van der Waals surface area contributed by atoms with Crippen LogP contribution in [0.2, 0.25) is 0 Å². The van der Waals surface area contributed by atoms with Crippen molar-refractivity contribution in [2.75, 3.05) is 26.3 Å². The van der Waals surface area contributed by atoms with Gasteiger partial charge in [-0.1, -0.05) is 13.3 Å². The van der Waals surface area contributed by atoms with Gasteiger partial charge in [-0.15, -0.1) is 0 Å². The maximum absolute atomic E-state index is 8.64.